The average molecular weight is 200 g/mol. The van der Waals surface area contributed by atoms with Gasteiger partial charge >= 0.3 is 0 Å². The molecule has 14 heavy (non-hydrogen) atoms. The summed E-state index contributed by atoms with van der Waals surface area (Å²) in [6, 6.07) is 0. The van der Waals surface area contributed by atoms with Crippen molar-refractivity contribution in [2.75, 3.05) is 33.2 Å². The summed E-state index contributed by atoms with van der Waals surface area (Å²) in [5, 5.41) is 0. The molecule has 0 bridgehead atoms. The fourth-order valence-electron chi connectivity index (χ4n) is 1.12. The molecule has 0 spiro atoms. The largest absolute Gasteiger partial charge is 0.340 e. The minimum Gasteiger partial charge on any atom is -0.340 e. The highest BCUT2D eigenvalue weighted by Crippen LogP contribution is 1.98. The number of ketones is 1. The molecule has 1 heterocycles. The van der Waals surface area contributed by atoms with Crippen molar-refractivity contribution >= 4 is 11.7 Å². The van der Waals surface area contributed by atoms with Gasteiger partial charge in [0, 0.05) is 33.1 Å². The molecule has 0 aliphatic carbocycles. The van der Waals surface area contributed by atoms with Crippen LogP contribution in [0.1, 0.15) is 20.8 Å². The van der Waals surface area contributed by atoms with Gasteiger partial charge in [-0.3, -0.25) is 4.79 Å². The van der Waals surface area contributed by atoms with Crippen molar-refractivity contribution in [1.82, 2.24) is 9.80 Å². The van der Waals surface area contributed by atoms with Crippen molar-refractivity contribution < 1.29 is 9.59 Å². The smallest absolute Gasteiger partial charge is 0.219 e. The van der Waals surface area contributed by atoms with Crippen LogP contribution >= 0.6 is 0 Å². The number of carbonyl (C=O) groups excluding carboxylic acids is 2. The molecule has 1 aliphatic heterocycles. The summed E-state index contributed by atoms with van der Waals surface area (Å²) >= 11 is 0. The number of piperazine rings is 1. The van der Waals surface area contributed by atoms with Crippen LogP contribution in [0.25, 0.3) is 0 Å². The van der Waals surface area contributed by atoms with E-state index in [4.69, 9.17) is 0 Å². The molecule has 0 aromatic carbocycles. The maximum Gasteiger partial charge on any atom is 0.219 e. The van der Waals surface area contributed by atoms with Gasteiger partial charge in [0.05, 0.1) is 0 Å². The van der Waals surface area contributed by atoms with Crippen LogP contribution < -0.4 is 0 Å². The minimum atomic E-state index is 0.167. The van der Waals surface area contributed by atoms with Crippen molar-refractivity contribution in [3.05, 3.63) is 0 Å². The molecule has 0 aromatic rings. The van der Waals surface area contributed by atoms with Gasteiger partial charge in [-0.2, -0.15) is 0 Å². The molecule has 0 atom stereocenters. The van der Waals surface area contributed by atoms with E-state index in [0.29, 0.717) is 0 Å². The number of carbonyl (C=O) groups is 2. The van der Waals surface area contributed by atoms with Gasteiger partial charge in [0.2, 0.25) is 5.91 Å². The van der Waals surface area contributed by atoms with Gasteiger partial charge in [0.1, 0.15) is 5.78 Å². The second-order valence-corrected chi connectivity index (χ2v) is 3.72. The average Bonchev–Trinajstić information content (AvgIpc) is 2.03. The first-order valence-corrected chi connectivity index (χ1v) is 4.84. The topological polar surface area (TPSA) is 40.6 Å². The first-order valence-electron chi connectivity index (χ1n) is 4.84. The normalized spacial score (nSPS) is 17.0. The Bertz CT molecular complexity index is 192. The highest BCUT2D eigenvalue weighted by molar-refractivity contribution is 5.73. The standard InChI is InChI=1S/C7H14N2O.C3H6O/c1-7(10)9-5-3-8(2)4-6-9;1-3(2)4/h3-6H2,1-2H3;1-2H3. The third-order valence-corrected chi connectivity index (χ3v) is 1.95. The number of Topliss-reactive ketones (excluding diaryl/α,β-unsaturated/α-hetero) is 1. The summed E-state index contributed by atoms with van der Waals surface area (Å²) in [4.78, 5) is 24.4. The third-order valence-electron chi connectivity index (χ3n) is 1.95. The zero-order chi connectivity index (χ0) is 11.1. The Morgan fingerprint density at radius 1 is 0.929 bits per heavy atom. The molecule has 0 aromatic heterocycles. The Balaban J connectivity index is 0.000000364. The third kappa shape index (κ3) is 6.60. The van der Waals surface area contributed by atoms with Crippen LogP contribution in [0.2, 0.25) is 0 Å². The van der Waals surface area contributed by atoms with Crippen LogP contribution in [0.4, 0.5) is 0 Å². The minimum absolute atomic E-state index is 0.167. The maximum absolute atomic E-state index is 10.8. The zero-order valence-corrected chi connectivity index (χ0v) is 9.54. The van der Waals surface area contributed by atoms with Gasteiger partial charge in [0.25, 0.3) is 0 Å². The molecule has 4 nitrogen and oxygen atoms in total. The SMILES string of the molecule is CC(=O)N1CCN(C)CC1.CC(C)=O. The van der Waals surface area contributed by atoms with Gasteiger partial charge in [-0.1, -0.05) is 0 Å². The molecule has 4 heteroatoms. The van der Waals surface area contributed by atoms with E-state index in [-0.39, 0.29) is 11.7 Å². The predicted octanol–water partition coefficient (Wildman–Crippen LogP) is 0.376. The summed E-state index contributed by atoms with van der Waals surface area (Å²) in [6.45, 7) is 8.50. The number of likely N-dealkylation sites (N-methyl/N-ethyl adjacent to an activating group) is 1. The molecular weight excluding hydrogens is 180 g/mol. The predicted molar refractivity (Wildman–Crippen MR) is 56.1 cm³/mol. The molecule has 0 radical (unpaired) electrons. The first kappa shape index (κ1) is 13.1. The van der Waals surface area contributed by atoms with E-state index in [1.54, 1.807) is 6.92 Å². The van der Waals surface area contributed by atoms with Crippen LogP contribution in [0.15, 0.2) is 0 Å². The van der Waals surface area contributed by atoms with Gasteiger partial charge in [-0.25, -0.2) is 0 Å². The Morgan fingerprint density at radius 3 is 1.57 bits per heavy atom. The van der Waals surface area contributed by atoms with Crippen molar-refractivity contribution in [3.63, 3.8) is 0 Å². The van der Waals surface area contributed by atoms with Gasteiger partial charge in [-0.05, 0) is 20.9 Å². The van der Waals surface area contributed by atoms with E-state index in [0.717, 1.165) is 26.2 Å². The number of rotatable bonds is 0. The van der Waals surface area contributed by atoms with Crippen LogP contribution in [0.3, 0.4) is 0 Å². The van der Waals surface area contributed by atoms with E-state index in [1.807, 2.05) is 4.90 Å². The summed E-state index contributed by atoms with van der Waals surface area (Å²) < 4.78 is 0. The number of hydrogen-bond acceptors (Lipinski definition) is 3. The Hall–Kier alpha value is -0.900. The van der Waals surface area contributed by atoms with Crippen molar-refractivity contribution in [1.29, 1.82) is 0 Å². The Morgan fingerprint density at radius 2 is 1.29 bits per heavy atom. The highest BCUT2D eigenvalue weighted by Gasteiger charge is 2.14. The lowest BCUT2D eigenvalue weighted by atomic mass is 10.3. The number of amides is 1. The van der Waals surface area contributed by atoms with Crippen LogP contribution in [0, 0.1) is 0 Å². The molecule has 1 rings (SSSR count). The monoisotopic (exact) mass is 200 g/mol. The molecule has 0 unspecified atom stereocenters. The first-order chi connectivity index (χ1) is 6.43. The molecule has 1 fully saturated rings. The molecule has 0 N–H and O–H groups in total. The quantitative estimate of drug-likeness (QED) is 0.567. The fraction of sp³-hybridized carbons (Fsp3) is 0.800. The lowest BCUT2D eigenvalue weighted by molar-refractivity contribution is -0.130. The van der Waals surface area contributed by atoms with Crippen LogP contribution in [-0.4, -0.2) is 54.7 Å². The lowest BCUT2D eigenvalue weighted by Gasteiger charge is -2.31. The molecule has 1 aliphatic rings. The fourth-order valence-corrected chi connectivity index (χ4v) is 1.12. The number of hydrogen-bond donors (Lipinski definition) is 0. The second kappa shape index (κ2) is 6.54. The molecule has 0 saturated carbocycles. The molecule has 1 amide bonds. The van der Waals surface area contributed by atoms with E-state index in [9.17, 15) is 9.59 Å². The molecular formula is C10H20N2O2. The maximum atomic E-state index is 10.8. The van der Waals surface area contributed by atoms with E-state index < -0.39 is 0 Å². The van der Waals surface area contributed by atoms with Gasteiger partial charge in [0.15, 0.2) is 0 Å². The molecule has 1 saturated heterocycles. The van der Waals surface area contributed by atoms with Crippen molar-refractivity contribution in [2.24, 2.45) is 0 Å². The van der Waals surface area contributed by atoms with E-state index >= 15 is 0 Å². The second-order valence-electron chi connectivity index (χ2n) is 3.72. The summed E-state index contributed by atoms with van der Waals surface area (Å²) in [7, 11) is 2.08. The zero-order valence-electron chi connectivity index (χ0n) is 9.54. The summed E-state index contributed by atoms with van der Waals surface area (Å²) in [6.07, 6.45) is 0. The highest BCUT2D eigenvalue weighted by atomic mass is 16.2. The Kier molecular flexibility index (Phi) is 6.12. The van der Waals surface area contributed by atoms with Gasteiger partial charge in [-0.15, -0.1) is 0 Å². The Labute approximate surface area is 85.9 Å². The van der Waals surface area contributed by atoms with E-state index in [1.165, 1.54) is 13.8 Å². The summed E-state index contributed by atoms with van der Waals surface area (Å²) in [5.41, 5.74) is 0. The van der Waals surface area contributed by atoms with E-state index in [2.05, 4.69) is 11.9 Å². The number of nitrogens with zero attached hydrogens (tertiary/aromatic N) is 2. The summed E-state index contributed by atoms with van der Waals surface area (Å²) in [5.74, 6) is 0.369. The van der Waals surface area contributed by atoms with Crippen LogP contribution in [-0.2, 0) is 9.59 Å². The van der Waals surface area contributed by atoms with Crippen molar-refractivity contribution in [2.45, 2.75) is 20.8 Å². The van der Waals surface area contributed by atoms with Crippen LogP contribution in [0.5, 0.6) is 0 Å². The molecule has 82 valence electrons. The van der Waals surface area contributed by atoms with Crippen molar-refractivity contribution in [3.8, 4) is 0 Å². The van der Waals surface area contributed by atoms with Gasteiger partial charge < -0.3 is 14.6 Å². The lowest BCUT2D eigenvalue weighted by Crippen LogP contribution is -2.46.